The summed E-state index contributed by atoms with van der Waals surface area (Å²) < 4.78 is 0. The summed E-state index contributed by atoms with van der Waals surface area (Å²) in [5.41, 5.74) is 3.26. The summed E-state index contributed by atoms with van der Waals surface area (Å²) in [4.78, 5) is 7.38. The first-order valence-corrected chi connectivity index (χ1v) is 4.89. The highest BCUT2D eigenvalue weighted by atomic mass is 14.7. The van der Waals surface area contributed by atoms with E-state index in [0.29, 0.717) is 5.69 Å². The molecule has 1 aromatic carbocycles. The summed E-state index contributed by atoms with van der Waals surface area (Å²) in [7, 11) is 0. The zero-order chi connectivity index (χ0) is 11.4. The van der Waals surface area contributed by atoms with Crippen LogP contribution >= 0.6 is 0 Å². The molecule has 2 aromatic rings. The number of hydrogen-bond acceptors (Lipinski definition) is 1. The van der Waals surface area contributed by atoms with Gasteiger partial charge in [0.2, 0.25) is 5.69 Å². The molecule has 0 spiro atoms. The Morgan fingerprint density at radius 3 is 2.62 bits per heavy atom. The molecule has 0 unspecified atom stereocenters. The topological polar surface area (TPSA) is 17.2 Å². The van der Waals surface area contributed by atoms with E-state index in [1.807, 2.05) is 36.4 Å². The first kappa shape index (κ1) is 10.1. The summed E-state index contributed by atoms with van der Waals surface area (Å²) in [5.74, 6) is 0. The number of hydrogen-bond donors (Lipinski definition) is 0. The third-order valence-corrected chi connectivity index (χ3v) is 2.37. The molecule has 76 valence electrons. The zero-order valence-corrected chi connectivity index (χ0v) is 8.72. The van der Waals surface area contributed by atoms with Gasteiger partial charge in [0.1, 0.15) is 0 Å². The van der Waals surface area contributed by atoms with Crippen molar-refractivity contribution in [3.8, 4) is 0 Å². The van der Waals surface area contributed by atoms with Gasteiger partial charge in [-0.3, -0.25) is 4.98 Å². The van der Waals surface area contributed by atoms with Gasteiger partial charge in [0.15, 0.2) is 0 Å². The van der Waals surface area contributed by atoms with Gasteiger partial charge in [-0.05, 0) is 22.8 Å². The molecular weight excluding hydrogens is 196 g/mol. The molecule has 0 saturated carbocycles. The summed E-state index contributed by atoms with van der Waals surface area (Å²) in [6, 6.07) is 11.7. The van der Waals surface area contributed by atoms with Gasteiger partial charge in [-0.15, -0.1) is 0 Å². The minimum Gasteiger partial charge on any atom is -0.276 e. The lowest BCUT2D eigenvalue weighted by molar-refractivity contribution is 1.33. The minimum absolute atomic E-state index is 0.538. The van der Waals surface area contributed by atoms with Crippen molar-refractivity contribution >= 4 is 11.3 Å². The number of aromatic nitrogens is 1. The minimum atomic E-state index is 0.538. The van der Waals surface area contributed by atoms with Gasteiger partial charge in [0.05, 0.1) is 6.57 Å². The van der Waals surface area contributed by atoms with Crippen molar-refractivity contribution < 1.29 is 0 Å². The molecule has 0 saturated heterocycles. The zero-order valence-electron chi connectivity index (χ0n) is 8.72. The average Bonchev–Trinajstić information content (AvgIpc) is 2.39. The number of pyridine rings is 1. The van der Waals surface area contributed by atoms with Gasteiger partial charge >= 0.3 is 0 Å². The predicted molar refractivity (Wildman–Crippen MR) is 65.1 cm³/mol. The summed E-state index contributed by atoms with van der Waals surface area (Å²) in [6.07, 6.45) is 3.24. The van der Waals surface area contributed by atoms with E-state index in [1.54, 1.807) is 12.4 Å². The monoisotopic (exact) mass is 206 g/mol. The molecule has 0 bridgehead atoms. The molecule has 2 nitrogen and oxygen atoms in total. The second-order valence-corrected chi connectivity index (χ2v) is 3.35. The Morgan fingerprint density at radius 2 is 1.94 bits per heavy atom. The maximum absolute atomic E-state index is 7.08. The Morgan fingerprint density at radius 1 is 1.19 bits per heavy atom. The Hall–Kier alpha value is -2.40. The van der Waals surface area contributed by atoms with E-state index in [-0.39, 0.29) is 0 Å². The number of rotatable bonds is 2. The molecule has 0 aliphatic heterocycles. The van der Waals surface area contributed by atoms with Gasteiger partial charge in [0.25, 0.3) is 0 Å². The van der Waals surface area contributed by atoms with Crippen molar-refractivity contribution in [3.05, 3.63) is 77.9 Å². The van der Waals surface area contributed by atoms with Gasteiger partial charge in [-0.1, -0.05) is 36.9 Å². The summed E-state index contributed by atoms with van der Waals surface area (Å²) >= 11 is 0. The van der Waals surface area contributed by atoms with Crippen molar-refractivity contribution in [1.29, 1.82) is 0 Å². The maximum atomic E-state index is 7.08. The van der Waals surface area contributed by atoms with E-state index in [9.17, 15) is 0 Å². The van der Waals surface area contributed by atoms with Gasteiger partial charge in [0, 0.05) is 12.4 Å². The largest absolute Gasteiger partial charge is 0.276 e. The molecule has 1 heterocycles. The Bertz CT molecular complexity index is 550. The van der Waals surface area contributed by atoms with Crippen molar-refractivity contribution in [2.45, 2.75) is 0 Å². The molecule has 0 fully saturated rings. The van der Waals surface area contributed by atoms with Crippen LogP contribution in [-0.2, 0) is 0 Å². The fraction of sp³-hybridized carbons (Fsp3) is 0. The van der Waals surface area contributed by atoms with E-state index in [2.05, 4.69) is 16.4 Å². The SMILES string of the molecule is [C-]#[N+]c1cnccc1C(=C)c1ccccc1. The van der Waals surface area contributed by atoms with Crippen LogP contribution in [-0.4, -0.2) is 4.98 Å². The van der Waals surface area contributed by atoms with Crippen LogP contribution in [0.3, 0.4) is 0 Å². The van der Waals surface area contributed by atoms with Crippen LogP contribution in [0.5, 0.6) is 0 Å². The van der Waals surface area contributed by atoms with Crippen LogP contribution < -0.4 is 0 Å². The van der Waals surface area contributed by atoms with Crippen LogP contribution in [0.25, 0.3) is 10.4 Å². The molecule has 0 N–H and O–H groups in total. The van der Waals surface area contributed by atoms with E-state index < -0.39 is 0 Å². The first-order valence-electron chi connectivity index (χ1n) is 4.89. The standard InChI is InChI=1S/C14H10N2/c1-11(12-6-4-3-5-7-12)13-8-9-16-10-14(13)15-2/h3-10H,1H2. The molecular formula is C14H10N2. The van der Waals surface area contributed by atoms with Crippen molar-refractivity contribution in [2.75, 3.05) is 0 Å². The first-order chi connectivity index (χ1) is 7.83. The molecule has 0 amide bonds. The fourth-order valence-corrected chi connectivity index (χ4v) is 1.53. The van der Waals surface area contributed by atoms with Gasteiger partial charge in [-0.25, -0.2) is 4.85 Å². The van der Waals surface area contributed by atoms with Gasteiger partial charge < -0.3 is 0 Å². The summed E-state index contributed by atoms with van der Waals surface area (Å²) in [5, 5.41) is 0. The van der Waals surface area contributed by atoms with Crippen molar-refractivity contribution in [3.63, 3.8) is 0 Å². The second kappa shape index (κ2) is 4.41. The van der Waals surface area contributed by atoms with Crippen LogP contribution in [0, 0.1) is 6.57 Å². The Balaban J connectivity index is 2.47. The highest BCUT2D eigenvalue weighted by Crippen LogP contribution is 2.28. The van der Waals surface area contributed by atoms with E-state index in [0.717, 1.165) is 16.7 Å². The molecule has 2 heteroatoms. The highest BCUT2D eigenvalue weighted by Gasteiger charge is 2.06. The molecule has 2 rings (SSSR count). The smallest absolute Gasteiger partial charge is 0.212 e. The third kappa shape index (κ3) is 1.84. The fourth-order valence-electron chi connectivity index (χ4n) is 1.53. The lowest BCUT2D eigenvalue weighted by atomic mass is 9.99. The lowest BCUT2D eigenvalue weighted by Gasteiger charge is -2.07. The Kier molecular flexibility index (Phi) is 2.79. The van der Waals surface area contributed by atoms with Gasteiger partial charge in [-0.2, -0.15) is 0 Å². The molecule has 0 radical (unpaired) electrons. The number of benzene rings is 1. The second-order valence-electron chi connectivity index (χ2n) is 3.35. The molecule has 1 aromatic heterocycles. The van der Waals surface area contributed by atoms with E-state index in [4.69, 9.17) is 6.57 Å². The normalized spacial score (nSPS) is 9.44. The maximum Gasteiger partial charge on any atom is 0.212 e. The highest BCUT2D eigenvalue weighted by molar-refractivity contribution is 5.84. The lowest BCUT2D eigenvalue weighted by Crippen LogP contribution is -1.86. The average molecular weight is 206 g/mol. The van der Waals surface area contributed by atoms with Crippen LogP contribution in [0.4, 0.5) is 5.69 Å². The van der Waals surface area contributed by atoms with Crippen LogP contribution in [0.2, 0.25) is 0 Å². The van der Waals surface area contributed by atoms with Crippen LogP contribution in [0.15, 0.2) is 55.4 Å². The number of nitrogens with zero attached hydrogens (tertiary/aromatic N) is 2. The quantitative estimate of drug-likeness (QED) is 0.685. The van der Waals surface area contributed by atoms with Crippen molar-refractivity contribution in [1.82, 2.24) is 4.98 Å². The van der Waals surface area contributed by atoms with Crippen molar-refractivity contribution in [2.24, 2.45) is 0 Å². The predicted octanol–water partition coefficient (Wildman–Crippen LogP) is 3.69. The Labute approximate surface area is 94.7 Å². The molecule has 0 aliphatic carbocycles. The van der Waals surface area contributed by atoms with Crippen LogP contribution in [0.1, 0.15) is 11.1 Å². The molecule has 16 heavy (non-hydrogen) atoms. The molecule has 0 aliphatic rings. The van der Waals surface area contributed by atoms with E-state index >= 15 is 0 Å². The van der Waals surface area contributed by atoms with E-state index in [1.165, 1.54) is 0 Å². The molecule has 0 atom stereocenters. The summed E-state index contributed by atoms with van der Waals surface area (Å²) in [6.45, 7) is 11.1. The third-order valence-electron chi connectivity index (χ3n) is 2.37.